The van der Waals surface area contributed by atoms with Gasteiger partial charge in [0.1, 0.15) is 5.69 Å². The van der Waals surface area contributed by atoms with Gasteiger partial charge in [0.2, 0.25) is 5.91 Å². The molecule has 2 N–H and O–H groups in total. The summed E-state index contributed by atoms with van der Waals surface area (Å²) in [5.74, 6) is -1.24. The number of fused-ring (bicyclic) bond motifs is 1. The van der Waals surface area contributed by atoms with Gasteiger partial charge in [0.25, 0.3) is 0 Å². The van der Waals surface area contributed by atoms with Gasteiger partial charge in [0.15, 0.2) is 0 Å². The number of carboxylic acid groups (broad SMARTS) is 1. The molecule has 1 aromatic heterocycles. The topological polar surface area (TPSA) is 73.4 Å². The number of carbonyl (C=O) groups is 2. The Kier molecular flexibility index (Phi) is 5.28. The first-order chi connectivity index (χ1) is 12.5. The molecule has 5 nitrogen and oxygen atoms in total. The van der Waals surface area contributed by atoms with Gasteiger partial charge >= 0.3 is 5.97 Å². The highest BCUT2D eigenvalue weighted by atomic mass is 35.5. The number of halogens is 1. The summed E-state index contributed by atoms with van der Waals surface area (Å²) in [5.41, 5.74) is 1.97. The maximum absolute atomic E-state index is 13.0. The summed E-state index contributed by atoms with van der Waals surface area (Å²) in [6.45, 7) is 2.52. The standard InChI is InChI=1S/C20H19ClN2O3/c1-2-10-23(14-7-5-6-13(21)11-14)18(24)12-16-15-8-3-4-9-17(15)22-19(16)20(25)26/h3-9,11,22H,2,10,12H2,1H3,(H,25,26). The van der Waals surface area contributed by atoms with E-state index in [0.29, 0.717) is 28.3 Å². The molecule has 3 rings (SSSR count). The minimum absolute atomic E-state index is 0.00183. The number of rotatable bonds is 6. The Morgan fingerprint density at radius 1 is 1.15 bits per heavy atom. The van der Waals surface area contributed by atoms with E-state index in [1.54, 1.807) is 29.2 Å². The summed E-state index contributed by atoms with van der Waals surface area (Å²) in [4.78, 5) is 29.2. The summed E-state index contributed by atoms with van der Waals surface area (Å²) in [5, 5.41) is 10.8. The van der Waals surface area contributed by atoms with Crippen LogP contribution in [0.1, 0.15) is 29.4 Å². The number of aromatic nitrogens is 1. The van der Waals surface area contributed by atoms with Crippen LogP contribution in [0.3, 0.4) is 0 Å². The number of H-pyrrole nitrogens is 1. The van der Waals surface area contributed by atoms with E-state index in [1.165, 1.54) is 0 Å². The quantitative estimate of drug-likeness (QED) is 0.670. The van der Waals surface area contributed by atoms with E-state index >= 15 is 0 Å². The second-order valence-corrected chi connectivity index (χ2v) is 6.47. The lowest BCUT2D eigenvalue weighted by Crippen LogP contribution is -2.33. The van der Waals surface area contributed by atoms with Crippen molar-refractivity contribution in [2.75, 3.05) is 11.4 Å². The Hall–Kier alpha value is -2.79. The third-order valence-electron chi connectivity index (χ3n) is 4.22. The Bertz CT molecular complexity index is 965. The number of aromatic amines is 1. The van der Waals surface area contributed by atoms with Crippen LogP contribution in [0.15, 0.2) is 48.5 Å². The normalized spacial score (nSPS) is 10.8. The van der Waals surface area contributed by atoms with Crippen LogP contribution in [0.2, 0.25) is 5.02 Å². The molecule has 3 aromatic rings. The van der Waals surface area contributed by atoms with E-state index in [0.717, 1.165) is 11.8 Å². The second kappa shape index (κ2) is 7.62. The number of benzene rings is 2. The van der Waals surface area contributed by atoms with Crippen LogP contribution < -0.4 is 4.90 Å². The highest BCUT2D eigenvalue weighted by Gasteiger charge is 2.22. The van der Waals surface area contributed by atoms with Crippen molar-refractivity contribution in [3.63, 3.8) is 0 Å². The lowest BCUT2D eigenvalue weighted by molar-refractivity contribution is -0.118. The molecular weight excluding hydrogens is 352 g/mol. The first-order valence-electron chi connectivity index (χ1n) is 8.40. The minimum atomic E-state index is -1.08. The summed E-state index contributed by atoms with van der Waals surface area (Å²) < 4.78 is 0. The zero-order valence-electron chi connectivity index (χ0n) is 14.3. The van der Waals surface area contributed by atoms with Crippen molar-refractivity contribution in [2.24, 2.45) is 0 Å². The van der Waals surface area contributed by atoms with Crippen molar-refractivity contribution in [1.29, 1.82) is 0 Å². The molecule has 0 unspecified atom stereocenters. The Morgan fingerprint density at radius 3 is 2.62 bits per heavy atom. The number of hydrogen-bond acceptors (Lipinski definition) is 2. The van der Waals surface area contributed by atoms with Crippen LogP contribution in [0, 0.1) is 0 Å². The van der Waals surface area contributed by atoms with Gasteiger partial charge in [-0.15, -0.1) is 0 Å². The molecule has 0 spiro atoms. The van der Waals surface area contributed by atoms with Gasteiger partial charge in [0, 0.05) is 33.7 Å². The number of nitrogens with zero attached hydrogens (tertiary/aromatic N) is 1. The number of amides is 1. The largest absolute Gasteiger partial charge is 0.477 e. The molecule has 0 bridgehead atoms. The minimum Gasteiger partial charge on any atom is -0.477 e. The fraction of sp³-hybridized carbons (Fsp3) is 0.200. The SMILES string of the molecule is CCCN(C(=O)Cc1c(C(=O)O)[nH]c2ccccc12)c1cccc(Cl)c1. The smallest absolute Gasteiger partial charge is 0.352 e. The zero-order chi connectivity index (χ0) is 18.7. The summed E-state index contributed by atoms with van der Waals surface area (Å²) in [6.07, 6.45) is 0.774. The van der Waals surface area contributed by atoms with Crippen LogP contribution in [0.5, 0.6) is 0 Å². The Balaban J connectivity index is 1.98. The predicted octanol–water partition coefficient (Wildman–Crippen LogP) is 4.51. The number of hydrogen-bond donors (Lipinski definition) is 2. The van der Waals surface area contributed by atoms with Gasteiger partial charge in [-0.05, 0) is 30.7 Å². The lowest BCUT2D eigenvalue weighted by atomic mass is 10.1. The van der Waals surface area contributed by atoms with E-state index in [4.69, 9.17) is 11.6 Å². The molecule has 0 aliphatic carbocycles. The fourth-order valence-corrected chi connectivity index (χ4v) is 3.26. The Morgan fingerprint density at radius 2 is 1.92 bits per heavy atom. The average molecular weight is 371 g/mol. The number of nitrogens with one attached hydrogen (secondary N) is 1. The molecule has 6 heteroatoms. The molecule has 0 aliphatic rings. The van der Waals surface area contributed by atoms with Gasteiger partial charge < -0.3 is 15.0 Å². The van der Waals surface area contributed by atoms with E-state index in [9.17, 15) is 14.7 Å². The van der Waals surface area contributed by atoms with Crippen molar-refractivity contribution in [3.05, 3.63) is 64.8 Å². The summed E-state index contributed by atoms with van der Waals surface area (Å²) in [7, 11) is 0. The third kappa shape index (κ3) is 3.58. The molecule has 0 saturated carbocycles. The third-order valence-corrected chi connectivity index (χ3v) is 4.46. The van der Waals surface area contributed by atoms with Crippen molar-refractivity contribution in [1.82, 2.24) is 4.98 Å². The van der Waals surface area contributed by atoms with Crippen LogP contribution in [-0.2, 0) is 11.2 Å². The van der Waals surface area contributed by atoms with E-state index in [2.05, 4.69) is 4.98 Å². The van der Waals surface area contributed by atoms with E-state index in [-0.39, 0.29) is 18.0 Å². The average Bonchev–Trinajstić information content (AvgIpc) is 2.98. The molecular formula is C20H19ClN2O3. The lowest BCUT2D eigenvalue weighted by Gasteiger charge is -2.22. The maximum atomic E-state index is 13.0. The van der Waals surface area contributed by atoms with E-state index < -0.39 is 5.97 Å². The van der Waals surface area contributed by atoms with Crippen molar-refractivity contribution >= 4 is 40.1 Å². The summed E-state index contributed by atoms with van der Waals surface area (Å²) >= 11 is 6.06. The first-order valence-corrected chi connectivity index (χ1v) is 8.78. The van der Waals surface area contributed by atoms with Crippen molar-refractivity contribution in [2.45, 2.75) is 19.8 Å². The first kappa shape index (κ1) is 18.0. The predicted molar refractivity (Wildman–Crippen MR) is 103 cm³/mol. The molecule has 1 amide bonds. The van der Waals surface area contributed by atoms with Gasteiger partial charge in [-0.2, -0.15) is 0 Å². The molecule has 0 atom stereocenters. The molecule has 0 fully saturated rings. The molecule has 0 saturated heterocycles. The van der Waals surface area contributed by atoms with Crippen molar-refractivity contribution < 1.29 is 14.7 Å². The number of carboxylic acids is 1. The molecule has 2 aromatic carbocycles. The monoisotopic (exact) mass is 370 g/mol. The summed E-state index contributed by atoms with van der Waals surface area (Å²) in [6, 6.07) is 14.4. The second-order valence-electron chi connectivity index (χ2n) is 6.03. The van der Waals surface area contributed by atoms with E-state index in [1.807, 2.05) is 31.2 Å². The van der Waals surface area contributed by atoms with Gasteiger partial charge in [-0.25, -0.2) is 4.79 Å². The molecule has 0 radical (unpaired) electrons. The molecule has 26 heavy (non-hydrogen) atoms. The Labute approximate surface area is 156 Å². The van der Waals surface area contributed by atoms with Crippen LogP contribution in [-0.4, -0.2) is 28.5 Å². The highest BCUT2D eigenvalue weighted by molar-refractivity contribution is 6.30. The molecule has 1 heterocycles. The molecule has 0 aliphatic heterocycles. The van der Waals surface area contributed by atoms with Crippen molar-refractivity contribution in [3.8, 4) is 0 Å². The maximum Gasteiger partial charge on any atom is 0.352 e. The molecule has 134 valence electrons. The number of carbonyl (C=O) groups excluding carboxylic acids is 1. The number of aromatic carboxylic acids is 1. The van der Waals surface area contributed by atoms with Gasteiger partial charge in [-0.3, -0.25) is 4.79 Å². The highest BCUT2D eigenvalue weighted by Crippen LogP contribution is 2.26. The van der Waals surface area contributed by atoms with Crippen LogP contribution in [0.25, 0.3) is 10.9 Å². The van der Waals surface area contributed by atoms with Crippen LogP contribution >= 0.6 is 11.6 Å². The number of para-hydroxylation sites is 1. The van der Waals surface area contributed by atoms with Gasteiger partial charge in [-0.1, -0.05) is 42.8 Å². The number of anilines is 1. The van der Waals surface area contributed by atoms with Gasteiger partial charge in [0.05, 0.1) is 6.42 Å². The zero-order valence-corrected chi connectivity index (χ0v) is 15.1. The fourth-order valence-electron chi connectivity index (χ4n) is 3.08. The van der Waals surface area contributed by atoms with Crippen LogP contribution in [0.4, 0.5) is 5.69 Å².